The number of esters is 1. The van der Waals surface area contributed by atoms with Gasteiger partial charge in [-0.05, 0) is 30.5 Å². The van der Waals surface area contributed by atoms with Gasteiger partial charge in [0.2, 0.25) is 0 Å². The molecule has 1 unspecified atom stereocenters. The third kappa shape index (κ3) is 2.43. The minimum Gasteiger partial charge on any atom is -0.493 e. The molecule has 1 heterocycles. The fourth-order valence-electron chi connectivity index (χ4n) is 2.20. The van der Waals surface area contributed by atoms with Crippen LogP contribution in [-0.4, -0.2) is 19.2 Å². The lowest BCUT2D eigenvalue weighted by Crippen LogP contribution is -2.15. The molecule has 0 saturated heterocycles. The second-order valence-electron chi connectivity index (χ2n) is 4.18. The van der Waals surface area contributed by atoms with Gasteiger partial charge in [-0.1, -0.05) is 19.1 Å². The van der Waals surface area contributed by atoms with Gasteiger partial charge in [0.05, 0.1) is 19.1 Å². The van der Waals surface area contributed by atoms with Gasteiger partial charge in [0, 0.05) is 6.42 Å². The van der Waals surface area contributed by atoms with Crippen molar-refractivity contribution in [2.45, 2.75) is 32.6 Å². The van der Waals surface area contributed by atoms with E-state index in [9.17, 15) is 4.79 Å². The lowest BCUT2D eigenvalue weighted by atomic mass is 9.94. The molecule has 1 aliphatic rings. The molecule has 1 aromatic rings. The summed E-state index contributed by atoms with van der Waals surface area (Å²) in [5.74, 6) is 0.669. The van der Waals surface area contributed by atoms with Crippen LogP contribution in [0.15, 0.2) is 18.2 Å². The topological polar surface area (TPSA) is 35.5 Å². The average Bonchev–Trinajstić information content (AvgIpc) is 2.77. The summed E-state index contributed by atoms with van der Waals surface area (Å²) in [6, 6.07) is 6.00. The maximum atomic E-state index is 11.8. The van der Waals surface area contributed by atoms with Crippen LogP contribution in [0.25, 0.3) is 0 Å². The SMILES string of the molecule is CCOC(=O)C(CC)c1ccc2c(c1)CCO2. The van der Waals surface area contributed by atoms with E-state index < -0.39 is 0 Å². The normalized spacial score (nSPS) is 14.9. The third-order valence-corrected chi connectivity index (χ3v) is 3.10. The minimum atomic E-state index is -0.152. The van der Waals surface area contributed by atoms with Crippen molar-refractivity contribution in [3.8, 4) is 5.75 Å². The van der Waals surface area contributed by atoms with E-state index in [1.807, 2.05) is 26.0 Å². The van der Waals surface area contributed by atoms with Crippen LogP contribution >= 0.6 is 0 Å². The van der Waals surface area contributed by atoms with Crippen LogP contribution in [0.1, 0.15) is 37.3 Å². The number of carbonyl (C=O) groups is 1. The Hall–Kier alpha value is -1.51. The highest BCUT2D eigenvalue weighted by Crippen LogP contribution is 2.30. The number of ether oxygens (including phenoxy) is 2. The molecule has 0 fully saturated rings. The van der Waals surface area contributed by atoms with Crippen molar-refractivity contribution in [3.63, 3.8) is 0 Å². The molecule has 1 aliphatic heterocycles. The largest absolute Gasteiger partial charge is 0.493 e. The van der Waals surface area contributed by atoms with Gasteiger partial charge in [-0.15, -0.1) is 0 Å². The number of hydrogen-bond donors (Lipinski definition) is 0. The summed E-state index contributed by atoms with van der Waals surface area (Å²) in [5, 5.41) is 0. The Kier molecular flexibility index (Phi) is 3.67. The summed E-state index contributed by atoms with van der Waals surface area (Å²) in [6.45, 7) is 5.02. The van der Waals surface area contributed by atoms with Crippen molar-refractivity contribution in [2.24, 2.45) is 0 Å². The zero-order valence-corrected chi connectivity index (χ0v) is 10.4. The van der Waals surface area contributed by atoms with Gasteiger partial charge in [0.25, 0.3) is 0 Å². The summed E-state index contributed by atoms with van der Waals surface area (Å²) >= 11 is 0. The number of rotatable bonds is 4. The van der Waals surface area contributed by atoms with E-state index in [0.29, 0.717) is 6.61 Å². The molecule has 0 N–H and O–H groups in total. The van der Waals surface area contributed by atoms with Gasteiger partial charge in [0.1, 0.15) is 5.75 Å². The molecule has 92 valence electrons. The molecule has 3 nitrogen and oxygen atoms in total. The van der Waals surface area contributed by atoms with Crippen LogP contribution in [0, 0.1) is 0 Å². The van der Waals surface area contributed by atoms with Crippen LogP contribution in [0.2, 0.25) is 0 Å². The predicted octanol–water partition coefficient (Wildman–Crippen LogP) is 2.68. The fraction of sp³-hybridized carbons (Fsp3) is 0.500. The minimum absolute atomic E-state index is 0.131. The highest BCUT2D eigenvalue weighted by molar-refractivity contribution is 5.78. The Morgan fingerprint density at radius 2 is 2.29 bits per heavy atom. The van der Waals surface area contributed by atoms with E-state index in [0.717, 1.165) is 30.8 Å². The zero-order chi connectivity index (χ0) is 12.3. The lowest BCUT2D eigenvalue weighted by molar-refractivity contribution is -0.145. The van der Waals surface area contributed by atoms with Crippen LogP contribution in [-0.2, 0) is 16.0 Å². The molecule has 0 aliphatic carbocycles. The Morgan fingerprint density at radius 3 is 3.00 bits per heavy atom. The smallest absolute Gasteiger partial charge is 0.313 e. The monoisotopic (exact) mass is 234 g/mol. The first-order chi connectivity index (χ1) is 8.26. The molecule has 0 bridgehead atoms. The Balaban J connectivity index is 2.22. The van der Waals surface area contributed by atoms with Crippen LogP contribution in [0.5, 0.6) is 5.75 Å². The first kappa shape index (κ1) is 12.0. The lowest BCUT2D eigenvalue weighted by Gasteiger charge is -2.14. The number of benzene rings is 1. The van der Waals surface area contributed by atoms with E-state index in [1.165, 1.54) is 5.56 Å². The molecule has 0 spiro atoms. The molecule has 0 saturated carbocycles. The summed E-state index contributed by atoms with van der Waals surface area (Å²) < 4.78 is 10.6. The molecular formula is C14H18O3. The fourth-order valence-corrected chi connectivity index (χ4v) is 2.20. The highest BCUT2D eigenvalue weighted by Gasteiger charge is 2.22. The third-order valence-electron chi connectivity index (χ3n) is 3.10. The predicted molar refractivity (Wildman–Crippen MR) is 65.3 cm³/mol. The summed E-state index contributed by atoms with van der Waals surface area (Å²) in [4.78, 5) is 11.8. The molecule has 1 atom stereocenters. The highest BCUT2D eigenvalue weighted by atomic mass is 16.5. The van der Waals surface area contributed by atoms with Crippen LogP contribution in [0.3, 0.4) is 0 Å². The second kappa shape index (κ2) is 5.21. The Labute approximate surface area is 102 Å². The molecule has 3 heteroatoms. The van der Waals surface area contributed by atoms with Crippen molar-refractivity contribution < 1.29 is 14.3 Å². The van der Waals surface area contributed by atoms with E-state index >= 15 is 0 Å². The number of fused-ring (bicyclic) bond motifs is 1. The standard InChI is InChI=1S/C14H18O3/c1-3-12(14(15)16-4-2)10-5-6-13-11(9-10)7-8-17-13/h5-6,9,12H,3-4,7-8H2,1-2H3. The van der Waals surface area contributed by atoms with Gasteiger partial charge in [-0.25, -0.2) is 0 Å². The van der Waals surface area contributed by atoms with E-state index in [-0.39, 0.29) is 11.9 Å². The molecular weight excluding hydrogens is 216 g/mol. The van der Waals surface area contributed by atoms with E-state index in [4.69, 9.17) is 9.47 Å². The van der Waals surface area contributed by atoms with Gasteiger partial charge in [-0.3, -0.25) is 4.79 Å². The summed E-state index contributed by atoms with van der Waals surface area (Å²) in [5.41, 5.74) is 2.24. The molecule has 1 aromatic carbocycles. The Morgan fingerprint density at radius 1 is 1.47 bits per heavy atom. The first-order valence-corrected chi connectivity index (χ1v) is 6.18. The number of carbonyl (C=O) groups excluding carboxylic acids is 1. The average molecular weight is 234 g/mol. The van der Waals surface area contributed by atoms with Gasteiger partial charge >= 0.3 is 5.97 Å². The van der Waals surface area contributed by atoms with Crippen LogP contribution in [0.4, 0.5) is 0 Å². The van der Waals surface area contributed by atoms with Crippen molar-refractivity contribution in [3.05, 3.63) is 29.3 Å². The molecule has 0 amide bonds. The molecule has 0 radical (unpaired) electrons. The van der Waals surface area contributed by atoms with Crippen LogP contribution < -0.4 is 4.74 Å². The quantitative estimate of drug-likeness (QED) is 0.751. The number of hydrogen-bond acceptors (Lipinski definition) is 3. The molecule has 17 heavy (non-hydrogen) atoms. The second-order valence-corrected chi connectivity index (χ2v) is 4.18. The van der Waals surface area contributed by atoms with Gasteiger partial charge in [0.15, 0.2) is 0 Å². The summed E-state index contributed by atoms with van der Waals surface area (Å²) in [6.07, 6.45) is 1.70. The van der Waals surface area contributed by atoms with E-state index in [1.54, 1.807) is 0 Å². The van der Waals surface area contributed by atoms with Crippen molar-refractivity contribution in [2.75, 3.05) is 13.2 Å². The Bertz CT molecular complexity index is 412. The maximum Gasteiger partial charge on any atom is 0.313 e. The van der Waals surface area contributed by atoms with Gasteiger partial charge in [-0.2, -0.15) is 0 Å². The maximum absolute atomic E-state index is 11.8. The molecule has 2 rings (SSSR count). The van der Waals surface area contributed by atoms with Crippen molar-refractivity contribution in [1.29, 1.82) is 0 Å². The zero-order valence-electron chi connectivity index (χ0n) is 10.4. The van der Waals surface area contributed by atoms with Crippen molar-refractivity contribution in [1.82, 2.24) is 0 Å². The summed E-state index contributed by atoms with van der Waals surface area (Å²) in [7, 11) is 0. The molecule has 0 aromatic heterocycles. The van der Waals surface area contributed by atoms with Gasteiger partial charge < -0.3 is 9.47 Å². The first-order valence-electron chi connectivity index (χ1n) is 6.18. The van der Waals surface area contributed by atoms with E-state index in [2.05, 4.69) is 6.07 Å². The van der Waals surface area contributed by atoms with Crippen molar-refractivity contribution >= 4 is 5.97 Å².